The number of hydrogen-bond acceptors (Lipinski definition) is 5. The summed E-state index contributed by atoms with van der Waals surface area (Å²) in [6, 6.07) is 0. The third kappa shape index (κ3) is 3.56. The van der Waals surface area contributed by atoms with Crippen LogP contribution in [0.1, 0.15) is 44.9 Å². The third-order valence-electron chi connectivity index (χ3n) is 7.41. The first-order valence-electron chi connectivity index (χ1n) is 10.6. The lowest BCUT2D eigenvalue weighted by atomic mass is 9.49. The van der Waals surface area contributed by atoms with Crippen LogP contribution in [-0.2, 0) is 4.79 Å². The molecule has 146 valence electrons. The molecule has 2 heterocycles. The van der Waals surface area contributed by atoms with Gasteiger partial charge in [0.15, 0.2) is 0 Å². The SMILES string of the molecule is CN1CCN(c2ncc(NC(=O)CC34CC5CC(CC(C5)C3)C4)cn2)CC1. The number of aromatic nitrogens is 2. The molecular weight excluding hydrogens is 338 g/mol. The van der Waals surface area contributed by atoms with E-state index >= 15 is 0 Å². The fourth-order valence-corrected chi connectivity index (χ4v) is 6.61. The molecule has 1 aromatic rings. The van der Waals surface area contributed by atoms with E-state index in [0.717, 1.165) is 55.6 Å². The van der Waals surface area contributed by atoms with Crippen LogP contribution < -0.4 is 10.2 Å². The molecule has 4 bridgehead atoms. The van der Waals surface area contributed by atoms with Crippen LogP contribution in [0.25, 0.3) is 0 Å². The number of hydrogen-bond donors (Lipinski definition) is 1. The zero-order valence-corrected chi connectivity index (χ0v) is 16.4. The van der Waals surface area contributed by atoms with Crippen LogP contribution in [0.2, 0.25) is 0 Å². The van der Waals surface area contributed by atoms with Gasteiger partial charge in [0.05, 0.1) is 18.1 Å². The number of carbonyl (C=O) groups excluding carboxylic acids is 1. The maximum absolute atomic E-state index is 12.7. The van der Waals surface area contributed by atoms with Crippen molar-refractivity contribution in [2.45, 2.75) is 44.9 Å². The van der Waals surface area contributed by atoms with E-state index in [9.17, 15) is 4.79 Å². The van der Waals surface area contributed by atoms with E-state index < -0.39 is 0 Å². The minimum Gasteiger partial charge on any atom is -0.338 e. The Morgan fingerprint density at radius 3 is 2.15 bits per heavy atom. The lowest BCUT2D eigenvalue weighted by Crippen LogP contribution is -2.47. The lowest BCUT2D eigenvalue weighted by Gasteiger charge is -2.56. The van der Waals surface area contributed by atoms with Crippen LogP contribution in [0.4, 0.5) is 11.6 Å². The summed E-state index contributed by atoms with van der Waals surface area (Å²) in [5.41, 5.74) is 1.00. The first-order valence-corrected chi connectivity index (χ1v) is 10.6. The van der Waals surface area contributed by atoms with Gasteiger partial charge in [0.2, 0.25) is 11.9 Å². The highest BCUT2D eigenvalue weighted by Gasteiger charge is 2.51. The molecule has 1 saturated heterocycles. The van der Waals surface area contributed by atoms with Gasteiger partial charge in [0.1, 0.15) is 0 Å². The number of carbonyl (C=O) groups is 1. The molecule has 0 radical (unpaired) electrons. The molecule has 1 N–H and O–H groups in total. The Labute approximate surface area is 161 Å². The minimum atomic E-state index is 0.146. The Kier molecular flexibility index (Phi) is 4.34. The topological polar surface area (TPSA) is 61.4 Å². The average molecular weight is 370 g/mol. The fraction of sp³-hybridized carbons (Fsp3) is 0.762. The number of amides is 1. The van der Waals surface area contributed by atoms with Gasteiger partial charge in [-0.2, -0.15) is 0 Å². The number of anilines is 2. The molecule has 0 aromatic carbocycles. The predicted molar refractivity (Wildman–Crippen MR) is 106 cm³/mol. The van der Waals surface area contributed by atoms with Gasteiger partial charge in [0, 0.05) is 32.6 Å². The summed E-state index contributed by atoms with van der Waals surface area (Å²) < 4.78 is 0. The van der Waals surface area contributed by atoms with Crippen LogP contribution >= 0.6 is 0 Å². The second-order valence-corrected chi connectivity index (χ2v) is 9.70. The largest absolute Gasteiger partial charge is 0.338 e. The monoisotopic (exact) mass is 369 g/mol. The van der Waals surface area contributed by atoms with E-state index in [4.69, 9.17) is 0 Å². The summed E-state index contributed by atoms with van der Waals surface area (Å²) in [4.78, 5) is 26.2. The van der Waals surface area contributed by atoms with Gasteiger partial charge < -0.3 is 15.1 Å². The van der Waals surface area contributed by atoms with Crippen molar-refractivity contribution >= 4 is 17.5 Å². The molecule has 4 saturated carbocycles. The standard InChI is InChI=1S/C21H31N5O/c1-25-2-4-26(5-3-25)20-22-13-18(14-23-20)24-19(27)12-21-9-15-6-16(10-21)8-17(7-15)11-21/h13-17H,2-12H2,1H3,(H,24,27). The van der Waals surface area contributed by atoms with Gasteiger partial charge >= 0.3 is 0 Å². The second kappa shape index (κ2) is 6.73. The Morgan fingerprint density at radius 2 is 1.59 bits per heavy atom. The third-order valence-corrected chi connectivity index (χ3v) is 7.41. The van der Waals surface area contributed by atoms with E-state index in [-0.39, 0.29) is 11.3 Å². The quantitative estimate of drug-likeness (QED) is 0.884. The molecule has 1 amide bonds. The Bertz CT molecular complexity index is 660. The lowest BCUT2D eigenvalue weighted by molar-refractivity contribution is -0.124. The summed E-state index contributed by atoms with van der Waals surface area (Å²) in [5.74, 6) is 3.57. The highest BCUT2D eigenvalue weighted by Crippen LogP contribution is 2.61. The van der Waals surface area contributed by atoms with E-state index in [2.05, 4.69) is 32.1 Å². The molecule has 4 aliphatic carbocycles. The highest BCUT2D eigenvalue weighted by atomic mass is 16.1. The summed E-state index contributed by atoms with van der Waals surface area (Å²) in [7, 11) is 2.14. The molecule has 0 atom stereocenters. The Hall–Kier alpha value is -1.69. The first kappa shape index (κ1) is 17.4. The van der Waals surface area contributed by atoms with Crippen molar-refractivity contribution in [2.75, 3.05) is 43.4 Å². The summed E-state index contributed by atoms with van der Waals surface area (Å²) in [6.07, 6.45) is 12.3. The van der Waals surface area contributed by atoms with Gasteiger partial charge in [0.25, 0.3) is 0 Å². The maximum Gasteiger partial charge on any atom is 0.225 e. The zero-order valence-electron chi connectivity index (χ0n) is 16.4. The molecule has 6 nitrogen and oxygen atoms in total. The minimum absolute atomic E-state index is 0.146. The van der Waals surface area contributed by atoms with Crippen LogP contribution in [0, 0.1) is 23.2 Å². The Morgan fingerprint density at radius 1 is 1.04 bits per heavy atom. The van der Waals surface area contributed by atoms with Crippen molar-refractivity contribution in [3.8, 4) is 0 Å². The van der Waals surface area contributed by atoms with Crippen LogP contribution in [0.15, 0.2) is 12.4 Å². The number of nitrogens with one attached hydrogen (secondary N) is 1. The van der Waals surface area contributed by atoms with Gasteiger partial charge in [-0.1, -0.05) is 0 Å². The molecule has 6 rings (SSSR count). The summed E-state index contributed by atoms with van der Waals surface area (Å²) >= 11 is 0. The smallest absolute Gasteiger partial charge is 0.225 e. The molecule has 0 unspecified atom stereocenters. The van der Waals surface area contributed by atoms with Crippen molar-refractivity contribution in [2.24, 2.45) is 23.2 Å². The van der Waals surface area contributed by atoms with Crippen molar-refractivity contribution in [1.82, 2.24) is 14.9 Å². The number of nitrogens with zero attached hydrogens (tertiary/aromatic N) is 4. The summed E-state index contributed by atoms with van der Waals surface area (Å²) in [5, 5.41) is 3.06. The number of piperazine rings is 1. The van der Waals surface area contributed by atoms with Crippen molar-refractivity contribution in [3.63, 3.8) is 0 Å². The van der Waals surface area contributed by atoms with Gasteiger partial charge in [-0.3, -0.25) is 4.79 Å². The normalized spacial score (nSPS) is 35.4. The molecule has 6 heteroatoms. The first-order chi connectivity index (χ1) is 13.1. The average Bonchev–Trinajstić information content (AvgIpc) is 2.61. The van der Waals surface area contributed by atoms with Gasteiger partial charge in [-0.25, -0.2) is 9.97 Å². The molecule has 1 aliphatic heterocycles. The molecule has 5 aliphatic rings. The van der Waals surface area contributed by atoms with Crippen LogP contribution in [0.5, 0.6) is 0 Å². The van der Waals surface area contributed by atoms with E-state index in [0.29, 0.717) is 6.42 Å². The van der Waals surface area contributed by atoms with Crippen LogP contribution in [-0.4, -0.2) is 54.0 Å². The number of rotatable bonds is 4. The van der Waals surface area contributed by atoms with E-state index in [1.807, 2.05) is 0 Å². The van der Waals surface area contributed by atoms with Gasteiger partial charge in [-0.15, -0.1) is 0 Å². The highest BCUT2D eigenvalue weighted by molar-refractivity contribution is 5.90. The number of likely N-dealkylation sites (N-methyl/N-ethyl adjacent to an activating group) is 1. The van der Waals surface area contributed by atoms with E-state index in [1.54, 1.807) is 12.4 Å². The summed E-state index contributed by atoms with van der Waals surface area (Å²) in [6.45, 7) is 3.97. The Balaban J connectivity index is 1.19. The van der Waals surface area contributed by atoms with Crippen molar-refractivity contribution in [3.05, 3.63) is 12.4 Å². The maximum atomic E-state index is 12.7. The van der Waals surface area contributed by atoms with E-state index in [1.165, 1.54) is 38.5 Å². The molecule has 0 spiro atoms. The van der Waals surface area contributed by atoms with Crippen LogP contribution in [0.3, 0.4) is 0 Å². The van der Waals surface area contributed by atoms with Gasteiger partial charge in [-0.05, 0) is 68.7 Å². The van der Waals surface area contributed by atoms with Crippen molar-refractivity contribution in [1.29, 1.82) is 0 Å². The molecular formula is C21H31N5O. The molecule has 27 heavy (non-hydrogen) atoms. The zero-order chi connectivity index (χ0) is 18.4. The second-order valence-electron chi connectivity index (χ2n) is 9.70. The predicted octanol–water partition coefficient (Wildman–Crippen LogP) is 2.77. The van der Waals surface area contributed by atoms with Crippen molar-refractivity contribution < 1.29 is 4.79 Å². The molecule has 1 aromatic heterocycles. The molecule has 5 fully saturated rings. The fourth-order valence-electron chi connectivity index (χ4n) is 6.61.